The zero-order valence-electron chi connectivity index (χ0n) is 14.9. The van der Waals surface area contributed by atoms with Gasteiger partial charge in [0.15, 0.2) is 0 Å². The van der Waals surface area contributed by atoms with Crippen molar-refractivity contribution in [2.24, 2.45) is 0 Å². The van der Waals surface area contributed by atoms with Crippen LogP contribution < -0.4 is 4.90 Å². The van der Waals surface area contributed by atoms with Crippen LogP contribution in [0.15, 0.2) is 48.8 Å². The summed E-state index contributed by atoms with van der Waals surface area (Å²) in [6.07, 6.45) is 7.54. The Hall–Kier alpha value is -2.84. The van der Waals surface area contributed by atoms with E-state index in [1.54, 1.807) is 12.4 Å². The number of H-pyrrole nitrogens is 1. The SMILES string of the molecule is S=c1nc(C=Cc2ccccc2)[nH]n1CN1CCN(c2ncccn2)CC1. The maximum Gasteiger partial charge on any atom is 0.225 e. The van der Waals surface area contributed by atoms with E-state index >= 15 is 0 Å². The van der Waals surface area contributed by atoms with Gasteiger partial charge < -0.3 is 4.90 Å². The fraction of sp³-hybridized carbons (Fsp3) is 0.263. The van der Waals surface area contributed by atoms with Crippen molar-refractivity contribution in [3.8, 4) is 0 Å². The zero-order chi connectivity index (χ0) is 18.5. The quantitative estimate of drug-likeness (QED) is 0.688. The Morgan fingerprint density at radius 1 is 0.963 bits per heavy atom. The molecule has 0 spiro atoms. The van der Waals surface area contributed by atoms with Crippen LogP contribution in [0.3, 0.4) is 0 Å². The predicted octanol–water partition coefficient (Wildman–Crippen LogP) is 2.68. The molecular weight excluding hydrogens is 358 g/mol. The third kappa shape index (κ3) is 4.47. The monoisotopic (exact) mass is 379 g/mol. The fourth-order valence-electron chi connectivity index (χ4n) is 3.03. The first-order valence-corrected chi connectivity index (χ1v) is 9.33. The molecule has 3 heterocycles. The van der Waals surface area contributed by atoms with Gasteiger partial charge in [0.1, 0.15) is 5.82 Å². The maximum absolute atomic E-state index is 5.40. The second kappa shape index (κ2) is 8.24. The Labute approximate surface area is 163 Å². The van der Waals surface area contributed by atoms with Crippen LogP contribution in [0, 0.1) is 4.77 Å². The number of benzene rings is 1. The van der Waals surface area contributed by atoms with Gasteiger partial charge in [-0.05, 0) is 29.9 Å². The summed E-state index contributed by atoms with van der Waals surface area (Å²) in [5.74, 6) is 1.56. The minimum absolute atomic E-state index is 0.566. The lowest BCUT2D eigenvalue weighted by atomic mass is 10.2. The molecule has 0 bridgehead atoms. The lowest BCUT2D eigenvalue weighted by Gasteiger charge is -2.34. The predicted molar refractivity (Wildman–Crippen MR) is 109 cm³/mol. The molecule has 1 N–H and O–H groups in total. The van der Waals surface area contributed by atoms with Gasteiger partial charge in [-0.15, -0.1) is 0 Å². The first-order valence-electron chi connectivity index (χ1n) is 8.92. The Morgan fingerprint density at radius 2 is 1.70 bits per heavy atom. The van der Waals surface area contributed by atoms with Crippen LogP contribution in [0.2, 0.25) is 0 Å². The van der Waals surface area contributed by atoms with Crippen molar-refractivity contribution in [1.29, 1.82) is 0 Å². The van der Waals surface area contributed by atoms with E-state index in [0.717, 1.165) is 43.5 Å². The molecule has 7 nitrogen and oxygen atoms in total. The summed E-state index contributed by atoms with van der Waals surface area (Å²) in [5, 5.41) is 3.28. The van der Waals surface area contributed by atoms with Gasteiger partial charge in [0, 0.05) is 38.6 Å². The van der Waals surface area contributed by atoms with Crippen molar-refractivity contribution in [3.63, 3.8) is 0 Å². The minimum Gasteiger partial charge on any atom is -0.338 e. The van der Waals surface area contributed by atoms with Crippen LogP contribution in [0.1, 0.15) is 11.4 Å². The largest absolute Gasteiger partial charge is 0.338 e. The number of rotatable bonds is 5. The lowest BCUT2D eigenvalue weighted by Crippen LogP contribution is -2.47. The molecular formula is C19H21N7S. The van der Waals surface area contributed by atoms with Gasteiger partial charge in [0.25, 0.3) is 0 Å². The van der Waals surface area contributed by atoms with Gasteiger partial charge in [0.2, 0.25) is 10.7 Å². The third-order valence-corrected chi connectivity index (χ3v) is 4.79. The van der Waals surface area contributed by atoms with Crippen LogP contribution >= 0.6 is 12.2 Å². The summed E-state index contributed by atoms with van der Waals surface area (Å²) in [7, 11) is 0. The molecule has 27 heavy (non-hydrogen) atoms. The summed E-state index contributed by atoms with van der Waals surface area (Å²) in [4.78, 5) is 17.6. The highest BCUT2D eigenvalue weighted by atomic mass is 32.1. The highest BCUT2D eigenvalue weighted by molar-refractivity contribution is 7.71. The van der Waals surface area contributed by atoms with Crippen LogP contribution in [0.4, 0.5) is 5.95 Å². The number of hydrogen-bond donors (Lipinski definition) is 1. The van der Waals surface area contributed by atoms with Gasteiger partial charge in [-0.25, -0.2) is 14.6 Å². The third-order valence-electron chi connectivity index (χ3n) is 4.48. The van der Waals surface area contributed by atoms with E-state index in [1.165, 1.54) is 0 Å². The van der Waals surface area contributed by atoms with Gasteiger partial charge >= 0.3 is 0 Å². The van der Waals surface area contributed by atoms with Crippen molar-refractivity contribution in [2.75, 3.05) is 31.1 Å². The van der Waals surface area contributed by atoms with Crippen LogP contribution in [-0.4, -0.2) is 55.8 Å². The molecule has 4 rings (SSSR count). The second-order valence-electron chi connectivity index (χ2n) is 6.36. The first kappa shape index (κ1) is 17.6. The molecule has 8 heteroatoms. The summed E-state index contributed by atoms with van der Waals surface area (Å²) < 4.78 is 2.48. The Kier molecular flexibility index (Phi) is 5.36. The molecule has 1 saturated heterocycles. The molecule has 1 aromatic carbocycles. The molecule has 0 atom stereocenters. The standard InChI is InChI=1S/C19H21N7S/c27-19-22-17(8-7-16-5-2-1-3-6-16)23-26(19)15-24-11-13-25(14-12-24)18-20-9-4-10-21-18/h1-10H,11-15H2,(H,22,23,27). The number of aromatic amines is 1. The van der Waals surface area contributed by atoms with E-state index in [2.05, 4.69) is 42.0 Å². The van der Waals surface area contributed by atoms with E-state index in [-0.39, 0.29) is 0 Å². The normalized spacial score (nSPS) is 15.5. The zero-order valence-corrected chi connectivity index (χ0v) is 15.7. The van der Waals surface area contributed by atoms with Crippen molar-refractivity contribution in [3.05, 3.63) is 65.0 Å². The van der Waals surface area contributed by atoms with Crippen molar-refractivity contribution >= 4 is 30.3 Å². The molecule has 2 aromatic heterocycles. The summed E-state index contributed by atoms with van der Waals surface area (Å²) in [6.45, 7) is 4.34. The molecule has 1 aliphatic heterocycles. The van der Waals surface area contributed by atoms with E-state index in [9.17, 15) is 0 Å². The molecule has 138 valence electrons. The van der Waals surface area contributed by atoms with Crippen molar-refractivity contribution in [2.45, 2.75) is 6.67 Å². The lowest BCUT2D eigenvalue weighted by molar-refractivity contribution is 0.193. The number of anilines is 1. The van der Waals surface area contributed by atoms with E-state index < -0.39 is 0 Å². The number of nitrogens with zero attached hydrogens (tertiary/aromatic N) is 6. The average molecular weight is 379 g/mol. The second-order valence-corrected chi connectivity index (χ2v) is 6.72. The molecule has 1 fully saturated rings. The highest BCUT2D eigenvalue weighted by Gasteiger charge is 2.19. The van der Waals surface area contributed by atoms with Crippen molar-refractivity contribution in [1.82, 2.24) is 29.6 Å². The Balaban J connectivity index is 1.36. The number of aromatic nitrogens is 5. The molecule has 0 amide bonds. The summed E-state index contributed by atoms with van der Waals surface area (Å²) >= 11 is 5.40. The van der Waals surface area contributed by atoms with Crippen LogP contribution in [-0.2, 0) is 6.67 Å². The molecule has 1 aliphatic rings. The molecule has 3 aromatic rings. The first-order chi connectivity index (χ1) is 13.3. The van der Waals surface area contributed by atoms with Crippen molar-refractivity contribution < 1.29 is 0 Å². The van der Waals surface area contributed by atoms with Crippen LogP contribution in [0.25, 0.3) is 12.2 Å². The van der Waals surface area contributed by atoms with Gasteiger partial charge in [0.05, 0.1) is 6.67 Å². The van der Waals surface area contributed by atoms with Gasteiger partial charge in [-0.2, -0.15) is 4.98 Å². The smallest absolute Gasteiger partial charge is 0.225 e. The summed E-state index contributed by atoms with van der Waals surface area (Å²) in [5.41, 5.74) is 1.13. The molecule has 0 unspecified atom stereocenters. The van der Waals surface area contributed by atoms with Crippen LogP contribution in [0.5, 0.6) is 0 Å². The van der Waals surface area contributed by atoms with E-state index in [1.807, 2.05) is 41.1 Å². The number of nitrogens with one attached hydrogen (secondary N) is 1. The molecule has 0 aliphatic carbocycles. The molecule has 0 radical (unpaired) electrons. The van der Waals surface area contributed by atoms with Gasteiger partial charge in [-0.3, -0.25) is 10.00 Å². The Morgan fingerprint density at radius 3 is 2.44 bits per heavy atom. The highest BCUT2D eigenvalue weighted by Crippen LogP contribution is 2.11. The average Bonchev–Trinajstić information content (AvgIpc) is 3.08. The summed E-state index contributed by atoms with van der Waals surface area (Å²) in [6, 6.07) is 12.0. The fourth-order valence-corrected chi connectivity index (χ4v) is 3.23. The van der Waals surface area contributed by atoms with E-state index in [4.69, 9.17) is 12.2 Å². The number of piperazine rings is 1. The molecule has 0 saturated carbocycles. The van der Waals surface area contributed by atoms with E-state index in [0.29, 0.717) is 11.4 Å². The Bertz CT molecular complexity index is 941. The topological polar surface area (TPSA) is 65.9 Å². The maximum atomic E-state index is 5.40. The number of hydrogen-bond acceptors (Lipinski definition) is 6. The van der Waals surface area contributed by atoms with Gasteiger partial charge in [-0.1, -0.05) is 36.4 Å². The minimum atomic E-state index is 0.566.